The molecule has 0 aromatic rings. The second-order valence-corrected chi connectivity index (χ2v) is 9.61. The summed E-state index contributed by atoms with van der Waals surface area (Å²) in [5.41, 5.74) is 0.930. The third-order valence-electron chi connectivity index (χ3n) is 8.88. The van der Waals surface area contributed by atoms with Crippen molar-refractivity contribution in [1.29, 1.82) is 0 Å². The van der Waals surface area contributed by atoms with Gasteiger partial charge in [0, 0.05) is 0 Å². The molecule has 3 rings (SSSR count). The predicted molar refractivity (Wildman–Crippen MR) is 89.4 cm³/mol. The van der Waals surface area contributed by atoms with Crippen molar-refractivity contribution >= 4 is 0 Å². The maximum Gasteiger partial charge on any atom is 0.0742 e. The van der Waals surface area contributed by atoms with Crippen LogP contribution in [-0.2, 0) is 4.74 Å². The minimum absolute atomic E-state index is 0.0501. The Labute approximate surface area is 132 Å². The monoisotopic (exact) mass is 292 g/mol. The maximum absolute atomic E-state index is 7.02. The highest BCUT2D eigenvalue weighted by Crippen LogP contribution is 2.68. The van der Waals surface area contributed by atoms with Crippen LogP contribution in [0.15, 0.2) is 0 Å². The Morgan fingerprint density at radius 1 is 0.714 bits per heavy atom. The van der Waals surface area contributed by atoms with Crippen LogP contribution in [0.25, 0.3) is 0 Å². The first-order valence-corrected chi connectivity index (χ1v) is 9.35. The molecule has 0 bridgehead atoms. The Bertz CT molecular complexity index is 404. The first-order chi connectivity index (χ1) is 9.67. The van der Waals surface area contributed by atoms with Gasteiger partial charge in [0.15, 0.2) is 0 Å². The van der Waals surface area contributed by atoms with Crippen LogP contribution in [0.5, 0.6) is 0 Å². The van der Waals surface area contributed by atoms with Crippen LogP contribution < -0.4 is 0 Å². The summed E-state index contributed by atoms with van der Waals surface area (Å²) in [5, 5.41) is 0. The van der Waals surface area contributed by atoms with Crippen LogP contribution >= 0.6 is 0 Å². The van der Waals surface area contributed by atoms with Crippen LogP contribution in [0.3, 0.4) is 0 Å². The summed E-state index contributed by atoms with van der Waals surface area (Å²) < 4.78 is 7.02. The Morgan fingerprint density at radius 3 is 1.90 bits per heavy atom. The van der Waals surface area contributed by atoms with Gasteiger partial charge < -0.3 is 4.74 Å². The molecule has 3 fully saturated rings. The fraction of sp³-hybridized carbons (Fsp3) is 1.00. The quantitative estimate of drug-likeness (QED) is 0.579. The summed E-state index contributed by atoms with van der Waals surface area (Å²) in [6, 6.07) is 0. The van der Waals surface area contributed by atoms with Gasteiger partial charge in [-0.2, -0.15) is 0 Å². The van der Waals surface area contributed by atoms with E-state index in [0.717, 1.165) is 5.92 Å². The molecule has 1 nitrogen and oxygen atoms in total. The Kier molecular flexibility index (Phi) is 3.57. The van der Waals surface area contributed by atoms with Gasteiger partial charge in [-0.05, 0) is 54.8 Å². The summed E-state index contributed by atoms with van der Waals surface area (Å²) in [5.74, 6) is 0.762. The topological polar surface area (TPSA) is 9.23 Å². The summed E-state index contributed by atoms with van der Waals surface area (Å²) in [6.45, 7) is 15.1. The van der Waals surface area contributed by atoms with Crippen molar-refractivity contribution in [3.8, 4) is 0 Å². The van der Waals surface area contributed by atoms with Crippen LogP contribution in [0.1, 0.15) is 92.9 Å². The molecule has 0 aromatic heterocycles. The third kappa shape index (κ3) is 1.85. The lowest BCUT2D eigenvalue weighted by Crippen LogP contribution is -2.70. The molecule has 3 aliphatic rings. The van der Waals surface area contributed by atoms with Crippen molar-refractivity contribution in [3.05, 3.63) is 0 Å². The molecule has 1 heteroatoms. The molecule has 0 N–H and O–H groups in total. The van der Waals surface area contributed by atoms with Crippen LogP contribution in [0, 0.1) is 22.2 Å². The molecule has 1 heterocycles. The van der Waals surface area contributed by atoms with E-state index in [1.165, 1.54) is 51.4 Å². The Hall–Kier alpha value is -0.0400. The van der Waals surface area contributed by atoms with Gasteiger partial charge in [-0.25, -0.2) is 0 Å². The highest BCUT2D eigenvalue weighted by molar-refractivity contribution is 5.15. The van der Waals surface area contributed by atoms with Crippen LogP contribution in [0.4, 0.5) is 0 Å². The van der Waals surface area contributed by atoms with Gasteiger partial charge in [-0.1, -0.05) is 60.3 Å². The van der Waals surface area contributed by atoms with Crippen molar-refractivity contribution in [2.75, 3.05) is 0 Å². The Balaban J connectivity index is 2.04. The molecule has 1 aliphatic heterocycles. The van der Waals surface area contributed by atoms with Gasteiger partial charge >= 0.3 is 0 Å². The van der Waals surface area contributed by atoms with Gasteiger partial charge in [0.25, 0.3) is 0 Å². The molecule has 2 saturated carbocycles. The second-order valence-electron chi connectivity index (χ2n) is 9.61. The van der Waals surface area contributed by atoms with Gasteiger partial charge in [0.2, 0.25) is 0 Å². The van der Waals surface area contributed by atoms with E-state index in [0.29, 0.717) is 16.9 Å². The first-order valence-electron chi connectivity index (χ1n) is 9.35. The number of fused-ring (bicyclic) bond motifs is 1. The molecule has 0 spiro atoms. The zero-order valence-electron chi connectivity index (χ0n) is 15.2. The number of hydrogen-bond donors (Lipinski definition) is 0. The largest absolute Gasteiger partial charge is 0.371 e. The van der Waals surface area contributed by atoms with E-state index in [1.54, 1.807) is 0 Å². The molecule has 0 aromatic carbocycles. The highest BCUT2D eigenvalue weighted by Gasteiger charge is 2.67. The minimum Gasteiger partial charge on any atom is -0.371 e. The number of ether oxygens (including phenoxy) is 1. The van der Waals surface area contributed by atoms with E-state index < -0.39 is 0 Å². The van der Waals surface area contributed by atoms with Gasteiger partial charge in [-0.15, -0.1) is 0 Å². The fourth-order valence-corrected chi connectivity index (χ4v) is 6.07. The lowest BCUT2D eigenvalue weighted by atomic mass is 9.42. The van der Waals surface area contributed by atoms with E-state index in [2.05, 4.69) is 41.5 Å². The molecule has 21 heavy (non-hydrogen) atoms. The SMILES string of the molecule is CC12CCCCC1OC(C)(C1CCCC1)C(C)(C)C2(C)C. The zero-order valence-corrected chi connectivity index (χ0v) is 15.2. The third-order valence-corrected chi connectivity index (χ3v) is 8.88. The average molecular weight is 293 g/mol. The molecule has 3 atom stereocenters. The molecule has 1 saturated heterocycles. The smallest absolute Gasteiger partial charge is 0.0742 e. The first kappa shape index (κ1) is 15.8. The van der Waals surface area contributed by atoms with Crippen molar-refractivity contribution in [2.45, 2.75) is 105 Å². The molecule has 3 unspecified atom stereocenters. The molecule has 0 amide bonds. The van der Waals surface area contributed by atoms with Crippen molar-refractivity contribution < 1.29 is 4.74 Å². The highest BCUT2D eigenvalue weighted by atomic mass is 16.5. The number of rotatable bonds is 1. The zero-order chi connectivity index (χ0) is 15.5. The van der Waals surface area contributed by atoms with Crippen molar-refractivity contribution in [2.24, 2.45) is 22.2 Å². The lowest BCUT2D eigenvalue weighted by molar-refractivity contribution is -0.323. The number of hydrogen-bond acceptors (Lipinski definition) is 1. The summed E-state index contributed by atoms with van der Waals surface area (Å²) in [4.78, 5) is 0. The molecule has 0 radical (unpaired) electrons. The predicted octanol–water partition coefficient (Wildman–Crippen LogP) is 5.97. The van der Waals surface area contributed by atoms with Gasteiger partial charge in [-0.3, -0.25) is 0 Å². The van der Waals surface area contributed by atoms with E-state index in [4.69, 9.17) is 4.74 Å². The van der Waals surface area contributed by atoms with E-state index in [1.807, 2.05) is 0 Å². The van der Waals surface area contributed by atoms with E-state index in [9.17, 15) is 0 Å². The second kappa shape index (κ2) is 4.73. The lowest BCUT2D eigenvalue weighted by Gasteiger charge is -2.70. The fourth-order valence-electron chi connectivity index (χ4n) is 6.07. The molecule has 122 valence electrons. The molecular formula is C20H36O. The van der Waals surface area contributed by atoms with Crippen LogP contribution in [0.2, 0.25) is 0 Å². The molecule has 2 aliphatic carbocycles. The van der Waals surface area contributed by atoms with Crippen molar-refractivity contribution in [1.82, 2.24) is 0 Å². The summed E-state index contributed by atoms with van der Waals surface area (Å²) in [7, 11) is 0. The Morgan fingerprint density at radius 2 is 1.29 bits per heavy atom. The molecular weight excluding hydrogens is 256 g/mol. The van der Waals surface area contributed by atoms with E-state index in [-0.39, 0.29) is 11.0 Å². The summed E-state index contributed by atoms with van der Waals surface area (Å²) in [6.07, 6.45) is 11.4. The standard InChI is InChI=1S/C20H36O/c1-17(2)18(3,4)20(6,15-11-7-8-12-15)21-16-13-9-10-14-19(16,17)5/h15-16H,7-14H2,1-6H3. The van der Waals surface area contributed by atoms with Crippen LogP contribution in [-0.4, -0.2) is 11.7 Å². The maximum atomic E-state index is 7.02. The average Bonchev–Trinajstić information content (AvgIpc) is 2.94. The summed E-state index contributed by atoms with van der Waals surface area (Å²) >= 11 is 0. The van der Waals surface area contributed by atoms with Gasteiger partial charge in [0.1, 0.15) is 0 Å². The van der Waals surface area contributed by atoms with Gasteiger partial charge in [0.05, 0.1) is 11.7 Å². The van der Waals surface area contributed by atoms with Crippen molar-refractivity contribution in [3.63, 3.8) is 0 Å². The normalized spacial score (nSPS) is 46.3. The minimum atomic E-state index is 0.0501. The van der Waals surface area contributed by atoms with E-state index >= 15 is 0 Å².